The third-order valence-electron chi connectivity index (χ3n) is 6.87. The van der Waals surface area contributed by atoms with Crippen LogP contribution in [0.3, 0.4) is 0 Å². The molecule has 0 bridgehead atoms. The molecule has 2 aliphatic rings. The van der Waals surface area contributed by atoms with E-state index in [0.29, 0.717) is 25.2 Å². The monoisotopic (exact) mass is 456 g/mol. The van der Waals surface area contributed by atoms with Gasteiger partial charge in [-0.2, -0.15) is 0 Å². The average molecular weight is 457 g/mol. The van der Waals surface area contributed by atoms with Crippen LogP contribution >= 0.6 is 0 Å². The molecule has 7 nitrogen and oxygen atoms in total. The van der Waals surface area contributed by atoms with Gasteiger partial charge in [0.25, 0.3) is 5.91 Å². The van der Waals surface area contributed by atoms with Gasteiger partial charge in [-0.15, -0.1) is 0 Å². The number of hydrogen-bond acceptors (Lipinski definition) is 4. The third kappa shape index (κ3) is 4.41. The fraction of sp³-hybridized carbons (Fsp3) is 0.259. The van der Waals surface area contributed by atoms with Crippen LogP contribution in [0.2, 0.25) is 0 Å². The number of para-hydroxylation sites is 2. The largest absolute Gasteiger partial charge is 0.508 e. The van der Waals surface area contributed by atoms with Crippen molar-refractivity contribution in [3.63, 3.8) is 0 Å². The van der Waals surface area contributed by atoms with Crippen molar-refractivity contribution in [2.75, 3.05) is 42.9 Å². The van der Waals surface area contributed by atoms with Crippen molar-refractivity contribution in [3.05, 3.63) is 90.5 Å². The van der Waals surface area contributed by atoms with Gasteiger partial charge in [0.15, 0.2) is 0 Å². The van der Waals surface area contributed by atoms with Crippen LogP contribution in [0.15, 0.2) is 84.9 Å². The second kappa shape index (κ2) is 9.09. The summed E-state index contributed by atoms with van der Waals surface area (Å²) >= 11 is 0. The summed E-state index contributed by atoms with van der Waals surface area (Å²) in [5, 5.41) is 15.7. The van der Waals surface area contributed by atoms with Crippen molar-refractivity contribution in [2.45, 2.75) is 0 Å². The van der Waals surface area contributed by atoms with Crippen LogP contribution in [0, 0.1) is 11.3 Å². The van der Waals surface area contributed by atoms with Crippen molar-refractivity contribution in [2.24, 2.45) is 11.3 Å². The Hall–Kier alpha value is -4.00. The predicted molar refractivity (Wildman–Crippen MR) is 132 cm³/mol. The number of amides is 3. The van der Waals surface area contributed by atoms with E-state index >= 15 is 0 Å². The van der Waals surface area contributed by atoms with E-state index in [1.165, 1.54) is 11.8 Å². The normalized spacial score (nSPS) is 18.4. The van der Waals surface area contributed by atoms with Crippen LogP contribution in [0.5, 0.6) is 5.75 Å². The highest BCUT2D eigenvalue weighted by atomic mass is 16.3. The van der Waals surface area contributed by atoms with Gasteiger partial charge in [0, 0.05) is 61.0 Å². The van der Waals surface area contributed by atoms with Crippen molar-refractivity contribution in [3.8, 4) is 5.75 Å². The Bertz CT molecular complexity index is 1160. The maximum absolute atomic E-state index is 13.2. The van der Waals surface area contributed by atoms with Crippen molar-refractivity contribution in [1.82, 2.24) is 10.2 Å². The van der Waals surface area contributed by atoms with Crippen LogP contribution < -0.4 is 15.5 Å². The molecule has 0 aromatic heterocycles. The number of phenolic OH excluding ortho intramolecular Hbond substituents is 1. The Morgan fingerprint density at radius 1 is 0.912 bits per heavy atom. The SMILES string of the molecule is O=C(NCC1CN(C(=O)c2cccc(O)c2)CC12CN(c1ccccc1)C2)Nc1ccccc1. The lowest BCUT2D eigenvalue weighted by Crippen LogP contribution is -2.62. The van der Waals surface area contributed by atoms with Crippen molar-refractivity contribution in [1.29, 1.82) is 0 Å². The number of hydrogen-bond donors (Lipinski definition) is 3. The number of carbonyl (C=O) groups excluding carboxylic acids is 2. The summed E-state index contributed by atoms with van der Waals surface area (Å²) in [6, 6.07) is 25.8. The number of nitrogens with one attached hydrogen (secondary N) is 2. The highest BCUT2D eigenvalue weighted by Gasteiger charge is 2.55. The second-order valence-corrected chi connectivity index (χ2v) is 9.19. The quantitative estimate of drug-likeness (QED) is 0.545. The van der Waals surface area contributed by atoms with Crippen molar-refractivity contribution < 1.29 is 14.7 Å². The standard InChI is InChI=1S/C27H28N4O3/c32-24-13-7-8-20(14-24)25(33)30-16-21(15-28-26(34)29-22-9-3-1-4-10-22)27(17-30)18-31(19-27)23-11-5-2-6-12-23/h1-14,21,32H,15-19H2,(H2,28,29,34). The number of aromatic hydroxyl groups is 1. The maximum Gasteiger partial charge on any atom is 0.319 e. The molecular weight excluding hydrogens is 428 g/mol. The number of rotatable bonds is 5. The lowest BCUT2D eigenvalue weighted by atomic mass is 9.71. The Morgan fingerprint density at radius 3 is 2.32 bits per heavy atom. The number of urea groups is 1. The Kier molecular flexibility index (Phi) is 5.84. The first-order valence-electron chi connectivity index (χ1n) is 11.5. The molecule has 3 N–H and O–H groups in total. The molecule has 3 amide bonds. The summed E-state index contributed by atoms with van der Waals surface area (Å²) in [6.07, 6.45) is 0. The highest BCUT2D eigenvalue weighted by molar-refractivity contribution is 5.95. The average Bonchev–Trinajstić information content (AvgIpc) is 3.22. The van der Waals surface area contributed by atoms with Gasteiger partial charge in [0.1, 0.15) is 5.75 Å². The summed E-state index contributed by atoms with van der Waals surface area (Å²) in [4.78, 5) is 29.9. The lowest BCUT2D eigenvalue weighted by Gasteiger charge is -2.52. The first kappa shape index (κ1) is 21.8. The van der Waals surface area contributed by atoms with Crippen molar-refractivity contribution >= 4 is 23.3 Å². The summed E-state index contributed by atoms with van der Waals surface area (Å²) < 4.78 is 0. The van der Waals surface area contributed by atoms with E-state index in [-0.39, 0.29) is 29.0 Å². The molecule has 0 saturated carbocycles. The molecule has 5 rings (SSSR count). The van der Waals surface area contributed by atoms with Crippen LogP contribution in [-0.2, 0) is 0 Å². The number of anilines is 2. The van der Waals surface area contributed by atoms with E-state index in [1.54, 1.807) is 18.2 Å². The highest BCUT2D eigenvalue weighted by Crippen LogP contribution is 2.45. The fourth-order valence-corrected chi connectivity index (χ4v) is 5.10. The zero-order valence-corrected chi connectivity index (χ0v) is 18.9. The Labute approximate surface area is 199 Å². The zero-order valence-electron chi connectivity index (χ0n) is 18.9. The number of nitrogens with zero attached hydrogens (tertiary/aromatic N) is 2. The van der Waals surface area contributed by atoms with Gasteiger partial charge in [-0.1, -0.05) is 42.5 Å². The number of carbonyl (C=O) groups is 2. The minimum atomic E-state index is -0.252. The molecule has 0 aliphatic carbocycles. The number of likely N-dealkylation sites (tertiary alicyclic amines) is 1. The summed E-state index contributed by atoms with van der Waals surface area (Å²) in [6.45, 7) is 3.31. The molecule has 3 aromatic rings. The van der Waals surface area contributed by atoms with E-state index in [1.807, 2.05) is 53.4 Å². The minimum absolute atomic E-state index is 0.0782. The molecule has 7 heteroatoms. The molecule has 3 aromatic carbocycles. The Balaban J connectivity index is 1.29. The topological polar surface area (TPSA) is 84.9 Å². The van der Waals surface area contributed by atoms with Gasteiger partial charge in [0.05, 0.1) is 0 Å². The van der Waals surface area contributed by atoms with Crippen LogP contribution in [0.25, 0.3) is 0 Å². The number of benzene rings is 3. The molecule has 1 atom stereocenters. The van der Waals surface area contributed by atoms with Gasteiger partial charge in [-0.05, 0) is 42.5 Å². The van der Waals surface area contributed by atoms with Crippen LogP contribution in [-0.4, -0.2) is 54.7 Å². The molecule has 2 fully saturated rings. The molecule has 34 heavy (non-hydrogen) atoms. The van der Waals surface area contributed by atoms with E-state index in [4.69, 9.17) is 0 Å². The molecule has 2 aliphatic heterocycles. The molecule has 2 heterocycles. The smallest absolute Gasteiger partial charge is 0.319 e. The second-order valence-electron chi connectivity index (χ2n) is 9.19. The first-order valence-corrected chi connectivity index (χ1v) is 11.5. The molecule has 1 unspecified atom stereocenters. The summed E-state index contributed by atoms with van der Waals surface area (Å²) in [7, 11) is 0. The van der Waals surface area contributed by atoms with Gasteiger partial charge in [0.2, 0.25) is 0 Å². The third-order valence-corrected chi connectivity index (χ3v) is 6.87. The summed E-state index contributed by atoms with van der Waals surface area (Å²) in [5.41, 5.74) is 2.28. The molecule has 1 spiro atoms. The minimum Gasteiger partial charge on any atom is -0.508 e. The van der Waals surface area contributed by atoms with Gasteiger partial charge in [-0.25, -0.2) is 4.79 Å². The van der Waals surface area contributed by atoms with E-state index in [2.05, 4.69) is 27.7 Å². The van der Waals surface area contributed by atoms with E-state index in [9.17, 15) is 14.7 Å². The molecule has 0 radical (unpaired) electrons. The van der Waals surface area contributed by atoms with E-state index < -0.39 is 0 Å². The van der Waals surface area contributed by atoms with Crippen LogP contribution in [0.1, 0.15) is 10.4 Å². The van der Waals surface area contributed by atoms with Gasteiger partial charge >= 0.3 is 6.03 Å². The molecule has 2 saturated heterocycles. The van der Waals surface area contributed by atoms with E-state index in [0.717, 1.165) is 18.8 Å². The fourth-order valence-electron chi connectivity index (χ4n) is 5.10. The Morgan fingerprint density at radius 2 is 1.62 bits per heavy atom. The maximum atomic E-state index is 13.2. The van der Waals surface area contributed by atoms with Crippen LogP contribution in [0.4, 0.5) is 16.2 Å². The number of phenols is 1. The van der Waals surface area contributed by atoms with Gasteiger partial charge < -0.3 is 25.5 Å². The predicted octanol–water partition coefficient (Wildman–Crippen LogP) is 3.79. The molecular formula is C27H28N4O3. The zero-order chi connectivity index (χ0) is 23.5. The lowest BCUT2D eigenvalue weighted by molar-refractivity contribution is 0.0761. The van der Waals surface area contributed by atoms with Gasteiger partial charge in [-0.3, -0.25) is 4.79 Å². The first-order chi connectivity index (χ1) is 16.5. The summed E-state index contributed by atoms with van der Waals surface area (Å²) in [5.74, 6) is 0.106. The molecule has 174 valence electrons.